The fourth-order valence-corrected chi connectivity index (χ4v) is 2.90. The molecular formula is C16H14ClN3O. The van der Waals surface area contributed by atoms with Crippen LogP contribution < -0.4 is 0 Å². The number of nitrogens with zero attached hydrogens (tertiary/aromatic N) is 3. The molecule has 2 aromatic heterocycles. The lowest BCUT2D eigenvalue weighted by Crippen LogP contribution is -2.07. The summed E-state index contributed by atoms with van der Waals surface area (Å²) >= 11 is 5.99. The molecule has 0 radical (unpaired) electrons. The summed E-state index contributed by atoms with van der Waals surface area (Å²) in [6.45, 7) is 0.794. The maximum absolute atomic E-state index is 5.99. The monoisotopic (exact) mass is 299 g/mol. The molecule has 4 nitrogen and oxygen atoms in total. The number of pyridine rings is 1. The molecule has 1 atom stereocenters. The van der Waals surface area contributed by atoms with Gasteiger partial charge in [0, 0.05) is 23.5 Å². The number of benzene rings is 1. The molecular weight excluding hydrogens is 286 g/mol. The molecule has 1 aromatic carbocycles. The minimum Gasteiger partial charge on any atom is -0.370 e. The zero-order valence-corrected chi connectivity index (χ0v) is 12.1. The number of imidazole rings is 1. The molecule has 21 heavy (non-hydrogen) atoms. The van der Waals surface area contributed by atoms with Gasteiger partial charge in [-0.15, -0.1) is 0 Å². The van der Waals surface area contributed by atoms with Gasteiger partial charge in [0.1, 0.15) is 17.4 Å². The highest BCUT2D eigenvalue weighted by atomic mass is 35.5. The van der Waals surface area contributed by atoms with Crippen molar-refractivity contribution in [2.75, 3.05) is 6.61 Å². The van der Waals surface area contributed by atoms with Gasteiger partial charge in [0.15, 0.2) is 5.65 Å². The van der Waals surface area contributed by atoms with Crippen LogP contribution in [0.1, 0.15) is 24.8 Å². The van der Waals surface area contributed by atoms with Gasteiger partial charge in [-0.3, -0.25) is 4.57 Å². The van der Waals surface area contributed by atoms with E-state index in [0.29, 0.717) is 0 Å². The van der Waals surface area contributed by atoms with Crippen molar-refractivity contribution in [2.45, 2.75) is 18.9 Å². The number of halogens is 1. The molecule has 0 aliphatic carbocycles. The van der Waals surface area contributed by atoms with E-state index in [0.717, 1.165) is 47.1 Å². The number of hydrogen-bond donors (Lipinski definition) is 0. The van der Waals surface area contributed by atoms with Gasteiger partial charge in [0.05, 0.1) is 0 Å². The minimum absolute atomic E-state index is 0.0369. The Bertz CT molecular complexity index is 776. The standard InChI is InChI=1S/C16H14ClN3O/c17-11-5-7-12(8-6-11)20-15-13(3-1-9-18-15)19-16(20)14-4-2-10-21-14/h1,3,5-9,14H,2,4,10H2. The molecule has 106 valence electrons. The number of ether oxygens (including phenoxy) is 1. The summed E-state index contributed by atoms with van der Waals surface area (Å²) in [5, 5.41) is 0.717. The van der Waals surface area contributed by atoms with Gasteiger partial charge in [0.2, 0.25) is 0 Å². The van der Waals surface area contributed by atoms with Crippen molar-refractivity contribution in [3.8, 4) is 5.69 Å². The maximum atomic E-state index is 5.99. The first-order valence-corrected chi connectivity index (χ1v) is 7.41. The molecule has 0 amide bonds. The van der Waals surface area contributed by atoms with Gasteiger partial charge in [-0.2, -0.15) is 0 Å². The molecule has 1 aliphatic rings. The van der Waals surface area contributed by atoms with Crippen molar-refractivity contribution in [3.63, 3.8) is 0 Å². The SMILES string of the molecule is Clc1ccc(-n2c(C3CCCO3)nc3cccnc32)cc1. The topological polar surface area (TPSA) is 39.9 Å². The van der Waals surface area contributed by atoms with Crippen LogP contribution in [0.3, 0.4) is 0 Å². The van der Waals surface area contributed by atoms with Crippen molar-refractivity contribution in [3.05, 3.63) is 53.4 Å². The maximum Gasteiger partial charge on any atom is 0.164 e. The molecule has 0 bridgehead atoms. The second-order valence-electron chi connectivity index (χ2n) is 5.13. The predicted octanol–water partition coefficient (Wildman–Crippen LogP) is 3.93. The Hall–Kier alpha value is -1.91. The van der Waals surface area contributed by atoms with Crippen LogP contribution in [-0.4, -0.2) is 21.1 Å². The Morgan fingerprint density at radius 3 is 2.81 bits per heavy atom. The van der Waals surface area contributed by atoms with Crippen molar-refractivity contribution in [2.24, 2.45) is 0 Å². The average Bonchev–Trinajstić information content (AvgIpc) is 3.15. The number of rotatable bonds is 2. The molecule has 1 aliphatic heterocycles. The molecule has 0 spiro atoms. The van der Waals surface area contributed by atoms with Crippen LogP contribution in [-0.2, 0) is 4.74 Å². The average molecular weight is 300 g/mol. The summed E-state index contributed by atoms with van der Waals surface area (Å²) in [5.41, 5.74) is 2.74. The lowest BCUT2D eigenvalue weighted by molar-refractivity contribution is 0.104. The third-order valence-corrected chi connectivity index (χ3v) is 4.00. The van der Waals surface area contributed by atoms with Crippen LogP contribution in [0.4, 0.5) is 0 Å². The van der Waals surface area contributed by atoms with Crippen LogP contribution in [0, 0.1) is 0 Å². The molecule has 0 N–H and O–H groups in total. The van der Waals surface area contributed by atoms with Gasteiger partial charge >= 0.3 is 0 Å². The van der Waals surface area contributed by atoms with Crippen molar-refractivity contribution >= 4 is 22.8 Å². The number of fused-ring (bicyclic) bond motifs is 1. The third-order valence-electron chi connectivity index (χ3n) is 3.74. The third kappa shape index (κ3) is 2.20. The molecule has 3 aromatic rings. The van der Waals surface area contributed by atoms with E-state index in [4.69, 9.17) is 21.3 Å². The first kappa shape index (κ1) is 12.8. The minimum atomic E-state index is 0.0369. The summed E-state index contributed by atoms with van der Waals surface area (Å²) < 4.78 is 7.89. The van der Waals surface area contributed by atoms with E-state index >= 15 is 0 Å². The fourth-order valence-electron chi connectivity index (χ4n) is 2.77. The quantitative estimate of drug-likeness (QED) is 0.720. The fraction of sp³-hybridized carbons (Fsp3) is 0.250. The largest absolute Gasteiger partial charge is 0.370 e. The summed E-state index contributed by atoms with van der Waals surface area (Å²) in [7, 11) is 0. The van der Waals surface area contributed by atoms with Gasteiger partial charge in [0.25, 0.3) is 0 Å². The lowest BCUT2D eigenvalue weighted by atomic mass is 10.2. The van der Waals surface area contributed by atoms with Crippen LogP contribution in [0.5, 0.6) is 0 Å². The molecule has 1 unspecified atom stereocenters. The summed E-state index contributed by atoms with van der Waals surface area (Å²) in [4.78, 5) is 9.22. The van der Waals surface area contributed by atoms with Crippen molar-refractivity contribution in [1.82, 2.24) is 14.5 Å². The van der Waals surface area contributed by atoms with E-state index in [1.165, 1.54) is 0 Å². The molecule has 1 fully saturated rings. The van der Waals surface area contributed by atoms with Crippen molar-refractivity contribution in [1.29, 1.82) is 0 Å². The van der Waals surface area contributed by atoms with Gasteiger partial charge in [-0.05, 0) is 49.2 Å². The van der Waals surface area contributed by atoms with Gasteiger partial charge in [-0.25, -0.2) is 9.97 Å². The highest BCUT2D eigenvalue weighted by Gasteiger charge is 2.25. The van der Waals surface area contributed by atoms with Crippen molar-refractivity contribution < 1.29 is 4.74 Å². The van der Waals surface area contributed by atoms with E-state index in [-0.39, 0.29) is 6.10 Å². The number of hydrogen-bond acceptors (Lipinski definition) is 3. The van der Waals surface area contributed by atoms with Crippen LogP contribution in [0.15, 0.2) is 42.6 Å². The smallest absolute Gasteiger partial charge is 0.164 e. The first-order chi connectivity index (χ1) is 10.3. The summed E-state index contributed by atoms with van der Waals surface area (Å²) in [6, 6.07) is 11.6. The number of aromatic nitrogens is 3. The Morgan fingerprint density at radius 1 is 1.19 bits per heavy atom. The van der Waals surface area contributed by atoms with E-state index in [1.54, 1.807) is 6.20 Å². The van der Waals surface area contributed by atoms with Gasteiger partial charge in [-0.1, -0.05) is 11.6 Å². The molecule has 5 heteroatoms. The summed E-state index contributed by atoms with van der Waals surface area (Å²) in [6.07, 6.45) is 3.89. The zero-order valence-electron chi connectivity index (χ0n) is 11.4. The Labute approximate surface area is 127 Å². The van der Waals surface area contributed by atoms with Crippen LogP contribution in [0.2, 0.25) is 5.02 Å². The van der Waals surface area contributed by atoms with E-state index in [1.807, 2.05) is 36.4 Å². The Morgan fingerprint density at radius 2 is 2.05 bits per heavy atom. The second-order valence-corrected chi connectivity index (χ2v) is 5.57. The highest BCUT2D eigenvalue weighted by molar-refractivity contribution is 6.30. The van der Waals surface area contributed by atoms with E-state index < -0.39 is 0 Å². The molecule has 3 heterocycles. The lowest BCUT2D eigenvalue weighted by Gasteiger charge is -2.13. The Balaban J connectivity index is 1.95. The Kier molecular flexibility index (Phi) is 3.13. The molecule has 0 saturated carbocycles. The summed E-state index contributed by atoms with van der Waals surface area (Å²) in [5.74, 6) is 0.920. The normalized spacial score (nSPS) is 18.4. The predicted molar refractivity (Wildman–Crippen MR) is 81.8 cm³/mol. The second kappa shape index (κ2) is 5.13. The van der Waals surface area contributed by atoms with E-state index in [9.17, 15) is 0 Å². The van der Waals surface area contributed by atoms with Gasteiger partial charge < -0.3 is 4.74 Å². The highest BCUT2D eigenvalue weighted by Crippen LogP contribution is 2.32. The van der Waals surface area contributed by atoms with Crippen LogP contribution in [0.25, 0.3) is 16.9 Å². The molecule has 1 saturated heterocycles. The first-order valence-electron chi connectivity index (χ1n) is 7.04. The van der Waals surface area contributed by atoms with E-state index in [2.05, 4.69) is 9.55 Å². The molecule has 4 rings (SSSR count). The zero-order chi connectivity index (χ0) is 14.2. The van der Waals surface area contributed by atoms with Crippen LogP contribution >= 0.6 is 11.6 Å².